The third-order valence-electron chi connectivity index (χ3n) is 5.69. The highest BCUT2D eigenvalue weighted by Crippen LogP contribution is 2.36. The SMILES string of the molecule is O=C(O)C(F)(F)F.O=C(c1cnccn1)N1CC2Oc3ncccc3S(=O)(=O)N(Cc3ccccc3)C2C1. The standard InChI is InChI=1S/C21H19N5O4S.C2HF3O2/c27-21(16-11-22-9-10-23-16)25-13-17-18(14-25)30-20-19(7-4-8-24-20)31(28,29)26(17)12-15-5-2-1-3-6-15;3-2(4,5)1(6)7/h1-11,17-18H,12-14H2;(H,6,7). The van der Waals surface area contributed by atoms with E-state index in [4.69, 9.17) is 14.6 Å². The van der Waals surface area contributed by atoms with E-state index in [0.717, 1.165) is 5.56 Å². The molecular weight excluding hydrogens is 531 g/mol. The molecule has 0 spiro atoms. The van der Waals surface area contributed by atoms with Gasteiger partial charge in [0.15, 0.2) is 0 Å². The van der Waals surface area contributed by atoms with Gasteiger partial charge in [-0.05, 0) is 17.7 Å². The Balaban J connectivity index is 0.000000426. The molecule has 1 saturated heterocycles. The van der Waals surface area contributed by atoms with Gasteiger partial charge in [0, 0.05) is 31.7 Å². The summed E-state index contributed by atoms with van der Waals surface area (Å²) in [5.41, 5.74) is 1.05. The van der Waals surface area contributed by atoms with Crippen molar-refractivity contribution in [3.8, 4) is 5.88 Å². The number of pyridine rings is 1. The summed E-state index contributed by atoms with van der Waals surface area (Å²) in [4.78, 5) is 35.6. The molecule has 2 aliphatic rings. The number of benzene rings is 1. The van der Waals surface area contributed by atoms with Crippen molar-refractivity contribution in [1.29, 1.82) is 0 Å². The van der Waals surface area contributed by atoms with E-state index >= 15 is 0 Å². The summed E-state index contributed by atoms with van der Waals surface area (Å²) >= 11 is 0. The maximum Gasteiger partial charge on any atom is 0.490 e. The molecule has 38 heavy (non-hydrogen) atoms. The van der Waals surface area contributed by atoms with Gasteiger partial charge in [-0.2, -0.15) is 17.5 Å². The maximum absolute atomic E-state index is 13.6. The lowest BCUT2D eigenvalue weighted by Crippen LogP contribution is -2.46. The zero-order chi connectivity index (χ0) is 27.5. The van der Waals surface area contributed by atoms with Gasteiger partial charge >= 0.3 is 12.1 Å². The number of nitrogens with zero attached hydrogens (tertiary/aromatic N) is 5. The predicted octanol–water partition coefficient (Wildman–Crippen LogP) is 1.98. The zero-order valence-electron chi connectivity index (χ0n) is 19.4. The number of alkyl halides is 3. The van der Waals surface area contributed by atoms with Crippen LogP contribution in [0, 0.1) is 0 Å². The van der Waals surface area contributed by atoms with Crippen LogP contribution >= 0.6 is 0 Å². The molecule has 0 aliphatic carbocycles. The van der Waals surface area contributed by atoms with Crippen molar-refractivity contribution in [1.82, 2.24) is 24.2 Å². The molecule has 200 valence electrons. The van der Waals surface area contributed by atoms with Crippen LogP contribution in [0.2, 0.25) is 0 Å². The second-order valence-electron chi connectivity index (χ2n) is 8.17. The van der Waals surface area contributed by atoms with Crippen LogP contribution in [0.4, 0.5) is 13.2 Å². The largest absolute Gasteiger partial charge is 0.490 e. The van der Waals surface area contributed by atoms with E-state index in [2.05, 4.69) is 15.0 Å². The van der Waals surface area contributed by atoms with Gasteiger partial charge < -0.3 is 14.7 Å². The number of hydrogen-bond donors (Lipinski definition) is 1. The Kier molecular flexibility index (Phi) is 7.59. The van der Waals surface area contributed by atoms with E-state index in [1.807, 2.05) is 30.3 Å². The molecule has 0 saturated carbocycles. The third kappa shape index (κ3) is 5.73. The van der Waals surface area contributed by atoms with E-state index in [0.29, 0.717) is 0 Å². The van der Waals surface area contributed by atoms with Crippen LogP contribution in [-0.4, -0.2) is 81.0 Å². The highest BCUT2D eigenvalue weighted by molar-refractivity contribution is 7.89. The van der Waals surface area contributed by atoms with Gasteiger partial charge in [-0.15, -0.1) is 0 Å². The van der Waals surface area contributed by atoms with Crippen LogP contribution in [0.5, 0.6) is 5.88 Å². The normalized spacial score (nSPS) is 20.1. The molecule has 2 atom stereocenters. The predicted molar refractivity (Wildman–Crippen MR) is 123 cm³/mol. The Labute approximate surface area is 214 Å². The molecule has 1 N–H and O–H groups in total. The summed E-state index contributed by atoms with van der Waals surface area (Å²) in [5.74, 6) is -3.02. The fourth-order valence-electron chi connectivity index (χ4n) is 3.96. The fraction of sp³-hybridized carbons (Fsp3) is 0.261. The van der Waals surface area contributed by atoms with Crippen LogP contribution in [-0.2, 0) is 21.4 Å². The van der Waals surface area contributed by atoms with Crippen molar-refractivity contribution in [2.24, 2.45) is 0 Å². The van der Waals surface area contributed by atoms with Crippen molar-refractivity contribution in [2.45, 2.75) is 29.8 Å². The van der Waals surface area contributed by atoms with E-state index in [-0.39, 0.29) is 42.0 Å². The first-order valence-corrected chi connectivity index (χ1v) is 12.5. The van der Waals surface area contributed by atoms with E-state index in [9.17, 15) is 26.4 Å². The van der Waals surface area contributed by atoms with E-state index in [1.54, 1.807) is 11.0 Å². The lowest BCUT2D eigenvalue weighted by atomic mass is 10.1. The Morgan fingerprint density at radius 3 is 2.37 bits per heavy atom. The number of rotatable bonds is 3. The van der Waals surface area contributed by atoms with Gasteiger partial charge in [-0.1, -0.05) is 30.3 Å². The van der Waals surface area contributed by atoms with Gasteiger partial charge in [0.25, 0.3) is 5.91 Å². The Morgan fingerprint density at radius 1 is 1.03 bits per heavy atom. The number of carbonyl (C=O) groups excluding carboxylic acids is 1. The fourth-order valence-corrected chi connectivity index (χ4v) is 5.66. The second-order valence-corrected chi connectivity index (χ2v) is 10.0. The van der Waals surface area contributed by atoms with Crippen molar-refractivity contribution >= 4 is 21.9 Å². The molecular formula is C23H20F3N5O6S. The first-order valence-electron chi connectivity index (χ1n) is 11.0. The monoisotopic (exact) mass is 551 g/mol. The van der Waals surface area contributed by atoms with E-state index in [1.165, 1.54) is 35.2 Å². The van der Waals surface area contributed by atoms with Crippen LogP contribution in [0.15, 0.2) is 72.1 Å². The lowest BCUT2D eigenvalue weighted by Gasteiger charge is -2.28. The summed E-state index contributed by atoms with van der Waals surface area (Å²) < 4.78 is 66.4. The number of likely N-dealkylation sites (tertiary alicyclic amines) is 1. The molecule has 1 aromatic carbocycles. The smallest absolute Gasteiger partial charge is 0.475 e. The Hall–Kier alpha value is -4.11. The summed E-state index contributed by atoms with van der Waals surface area (Å²) in [6.45, 7) is 0.562. The first-order chi connectivity index (χ1) is 18.0. The maximum atomic E-state index is 13.6. The lowest BCUT2D eigenvalue weighted by molar-refractivity contribution is -0.192. The Morgan fingerprint density at radius 2 is 1.74 bits per heavy atom. The van der Waals surface area contributed by atoms with E-state index < -0.39 is 34.3 Å². The van der Waals surface area contributed by atoms with Gasteiger partial charge in [-0.3, -0.25) is 9.78 Å². The molecule has 2 unspecified atom stereocenters. The number of aliphatic carboxylic acids is 1. The summed E-state index contributed by atoms with van der Waals surface area (Å²) in [6.07, 6.45) is 0.185. The number of carbonyl (C=O) groups is 2. The van der Waals surface area contributed by atoms with Gasteiger partial charge in [0.2, 0.25) is 15.9 Å². The number of carboxylic acids is 1. The number of hydrogen-bond acceptors (Lipinski definition) is 8. The average Bonchev–Trinajstić information content (AvgIpc) is 3.27. The molecule has 15 heteroatoms. The molecule has 4 heterocycles. The minimum atomic E-state index is -5.08. The van der Waals surface area contributed by atoms with Crippen molar-refractivity contribution in [2.75, 3.05) is 13.1 Å². The topological polar surface area (TPSA) is 143 Å². The number of carboxylic acid groups (broad SMARTS) is 1. The van der Waals surface area contributed by atoms with Crippen LogP contribution in [0.1, 0.15) is 16.1 Å². The van der Waals surface area contributed by atoms with Crippen LogP contribution < -0.4 is 4.74 Å². The highest BCUT2D eigenvalue weighted by Gasteiger charge is 2.48. The number of halogens is 3. The molecule has 2 aliphatic heterocycles. The van der Waals surface area contributed by atoms with Crippen molar-refractivity contribution < 1.29 is 41.0 Å². The molecule has 11 nitrogen and oxygen atoms in total. The third-order valence-corrected chi connectivity index (χ3v) is 7.57. The average molecular weight is 552 g/mol. The summed E-state index contributed by atoms with van der Waals surface area (Å²) in [7, 11) is -3.91. The number of ether oxygens (including phenoxy) is 1. The Bertz CT molecular complexity index is 1410. The minimum Gasteiger partial charge on any atom is -0.475 e. The number of amides is 1. The number of sulfonamides is 1. The molecule has 2 aromatic heterocycles. The van der Waals surface area contributed by atoms with Crippen LogP contribution in [0.25, 0.3) is 0 Å². The molecule has 0 radical (unpaired) electrons. The number of aromatic nitrogens is 3. The zero-order valence-corrected chi connectivity index (χ0v) is 20.2. The highest BCUT2D eigenvalue weighted by atomic mass is 32.2. The van der Waals surface area contributed by atoms with Crippen molar-refractivity contribution in [3.05, 3.63) is 78.5 Å². The summed E-state index contributed by atoms with van der Waals surface area (Å²) in [6, 6.07) is 11.9. The van der Waals surface area contributed by atoms with Gasteiger partial charge in [0.1, 0.15) is 16.7 Å². The van der Waals surface area contributed by atoms with Crippen LogP contribution in [0.3, 0.4) is 0 Å². The second kappa shape index (κ2) is 10.7. The quantitative estimate of drug-likeness (QED) is 0.517. The molecule has 3 aromatic rings. The molecule has 1 fully saturated rings. The summed E-state index contributed by atoms with van der Waals surface area (Å²) in [5, 5.41) is 7.12. The van der Waals surface area contributed by atoms with Gasteiger partial charge in [-0.25, -0.2) is 23.2 Å². The minimum absolute atomic E-state index is 0.0344. The van der Waals surface area contributed by atoms with Gasteiger partial charge in [0.05, 0.1) is 18.8 Å². The molecule has 1 amide bonds. The molecule has 5 rings (SSSR count). The number of fused-ring (bicyclic) bond motifs is 2. The van der Waals surface area contributed by atoms with Crippen molar-refractivity contribution in [3.63, 3.8) is 0 Å². The molecule has 0 bridgehead atoms. The first kappa shape index (κ1) is 26.9.